The predicted molar refractivity (Wildman–Crippen MR) is 99.6 cm³/mol. The van der Waals surface area contributed by atoms with Gasteiger partial charge in [0.1, 0.15) is 16.3 Å². The first-order valence-electron chi connectivity index (χ1n) is 8.46. The third-order valence-electron chi connectivity index (χ3n) is 4.46. The molecule has 1 fully saturated rings. The van der Waals surface area contributed by atoms with Crippen molar-refractivity contribution in [3.8, 4) is 5.75 Å². The van der Waals surface area contributed by atoms with E-state index in [0.717, 1.165) is 16.9 Å². The Hall–Kier alpha value is -3.07. The van der Waals surface area contributed by atoms with E-state index in [1.54, 1.807) is 20.1 Å². The lowest BCUT2D eigenvalue weighted by Gasteiger charge is -2.27. The first kappa shape index (κ1) is 17.3. The summed E-state index contributed by atoms with van der Waals surface area (Å²) in [4.78, 5) is 30.9. The number of carbonyl (C=O) groups is 2. The van der Waals surface area contributed by atoms with E-state index in [-0.39, 0.29) is 17.5 Å². The van der Waals surface area contributed by atoms with E-state index in [9.17, 15) is 9.59 Å². The smallest absolute Gasteiger partial charge is 0.291 e. The highest BCUT2D eigenvalue weighted by atomic mass is 32.1. The standard InChI is InChI=1S/C18H17N5O3S/c1-11-16(27-21-20-11)18(25)23-9-5-8-22(23)17(24)14-10-15(26-2)12-6-3-4-7-13(12)19-14/h3-4,6-7,10H,5,8-9H2,1-2H3. The Balaban J connectivity index is 1.68. The summed E-state index contributed by atoms with van der Waals surface area (Å²) in [5.74, 6) is -0.0235. The van der Waals surface area contributed by atoms with Gasteiger partial charge in [-0.1, -0.05) is 16.6 Å². The van der Waals surface area contributed by atoms with Crippen molar-refractivity contribution in [1.82, 2.24) is 24.6 Å². The zero-order chi connectivity index (χ0) is 19.0. The normalized spacial score (nSPS) is 14.0. The maximum atomic E-state index is 13.1. The average molecular weight is 383 g/mol. The maximum Gasteiger partial charge on any atom is 0.291 e. The number of hydrogen-bond donors (Lipinski definition) is 0. The van der Waals surface area contributed by atoms with Crippen molar-refractivity contribution in [2.75, 3.05) is 20.2 Å². The van der Waals surface area contributed by atoms with Gasteiger partial charge in [-0.05, 0) is 37.0 Å². The molecule has 0 atom stereocenters. The van der Waals surface area contributed by atoms with Gasteiger partial charge in [-0.15, -0.1) is 5.10 Å². The molecule has 0 N–H and O–H groups in total. The predicted octanol–water partition coefficient (Wildman–Crippen LogP) is 2.31. The van der Waals surface area contributed by atoms with Crippen LogP contribution in [0.5, 0.6) is 5.75 Å². The topological polar surface area (TPSA) is 88.5 Å². The molecule has 8 nitrogen and oxygen atoms in total. The first-order valence-corrected chi connectivity index (χ1v) is 9.24. The Kier molecular flexibility index (Phi) is 4.44. The number of carbonyl (C=O) groups excluding carboxylic acids is 2. The van der Waals surface area contributed by atoms with E-state index in [4.69, 9.17) is 4.74 Å². The number of pyridine rings is 1. The summed E-state index contributed by atoms with van der Waals surface area (Å²) in [6.07, 6.45) is 0.702. The summed E-state index contributed by atoms with van der Waals surface area (Å²) in [6, 6.07) is 9.08. The number of hydrazine groups is 1. The van der Waals surface area contributed by atoms with Gasteiger partial charge in [0.05, 0.1) is 18.3 Å². The van der Waals surface area contributed by atoms with Gasteiger partial charge in [0, 0.05) is 24.5 Å². The first-order chi connectivity index (χ1) is 13.1. The number of rotatable bonds is 3. The van der Waals surface area contributed by atoms with Gasteiger partial charge in [-0.3, -0.25) is 9.59 Å². The molecule has 0 bridgehead atoms. The van der Waals surface area contributed by atoms with Crippen LogP contribution in [0.4, 0.5) is 0 Å². The molecule has 4 rings (SSSR count). The van der Waals surface area contributed by atoms with Gasteiger partial charge < -0.3 is 4.74 Å². The fraction of sp³-hybridized carbons (Fsp3) is 0.278. The second-order valence-electron chi connectivity index (χ2n) is 6.12. The zero-order valence-electron chi connectivity index (χ0n) is 14.9. The number of fused-ring (bicyclic) bond motifs is 1. The molecule has 3 heterocycles. The zero-order valence-corrected chi connectivity index (χ0v) is 15.7. The highest BCUT2D eigenvalue weighted by Gasteiger charge is 2.34. The summed E-state index contributed by atoms with van der Waals surface area (Å²) in [5, 5.41) is 7.61. The molecule has 0 radical (unpaired) electrons. The SMILES string of the molecule is COc1cc(C(=O)N2CCCN2C(=O)c2snnc2C)nc2ccccc12. The van der Waals surface area contributed by atoms with Crippen LogP contribution in [-0.4, -0.2) is 56.6 Å². The molecule has 1 aliphatic heterocycles. The molecule has 2 amide bonds. The van der Waals surface area contributed by atoms with E-state index >= 15 is 0 Å². The monoisotopic (exact) mass is 383 g/mol. The minimum atomic E-state index is -0.333. The number of amides is 2. The molecule has 27 heavy (non-hydrogen) atoms. The van der Waals surface area contributed by atoms with Crippen LogP contribution in [-0.2, 0) is 0 Å². The van der Waals surface area contributed by atoms with Crippen molar-refractivity contribution in [1.29, 1.82) is 0 Å². The van der Waals surface area contributed by atoms with Crippen LogP contribution in [0.2, 0.25) is 0 Å². The number of benzene rings is 1. The third kappa shape index (κ3) is 2.99. The molecular formula is C18H17N5O3S. The average Bonchev–Trinajstić information content (AvgIpc) is 3.35. The molecule has 3 aromatic rings. The van der Waals surface area contributed by atoms with Crippen LogP contribution in [0, 0.1) is 6.92 Å². The van der Waals surface area contributed by atoms with Crippen LogP contribution in [0.25, 0.3) is 10.9 Å². The maximum absolute atomic E-state index is 13.1. The lowest BCUT2D eigenvalue weighted by molar-refractivity contribution is 0.0185. The molecule has 0 unspecified atom stereocenters. The van der Waals surface area contributed by atoms with Crippen molar-refractivity contribution in [3.63, 3.8) is 0 Å². The Morgan fingerprint density at radius 1 is 1.15 bits per heavy atom. The minimum absolute atomic E-state index is 0.240. The summed E-state index contributed by atoms with van der Waals surface area (Å²) in [7, 11) is 1.56. The summed E-state index contributed by atoms with van der Waals surface area (Å²) < 4.78 is 9.23. The molecule has 0 saturated carbocycles. The Bertz CT molecular complexity index is 1030. The van der Waals surface area contributed by atoms with Crippen LogP contribution in [0.15, 0.2) is 30.3 Å². The summed E-state index contributed by atoms with van der Waals surface area (Å²) in [6.45, 7) is 2.65. The second-order valence-corrected chi connectivity index (χ2v) is 6.88. The number of ether oxygens (including phenoxy) is 1. The van der Waals surface area contributed by atoms with Crippen LogP contribution in [0.3, 0.4) is 0 Å². The van der Waals surface area contributed by atoms with Gasteiger partial charge in [0.25, 0.3) is 11.8 Å². The quantitative estimate of drug-likeness (QED) is 0.690. The van der Waals surface area contributed by atoms with Crippen LogP contribution in [0.1, 0.15) is 32.3 Å². The van der Waals surface area contributed by atoms with Crippen molar-refractivity contribution >= 4 is 34.2 Å². The van der Waals surface area contributed by atoms with Gasteiger partial charge in [0.15, 0.2) is 0 Å². The number of hydrogen-bond acceptors (Lipinski definition) is 7. The number of aromatic nitrogens is 3. The Morgan fingerprint density at radius 3 is 2.59 bits per heavy atom. The van der Waals surface area contributed by atoms with Crippen molar-refractivity contribution in [3.05, 3.63) is 46.6 Å². The highest BCUT2D eigenvalue weighted by molar-refractivity contribution is 7.07. The molecule has 9 heteroatoms. The van der Waals surface area contributed by atoms with E-state index < -0.39 is 0 Å². The number of nitrogens with zero attached hydrogens (tertiary/aromatic N) is 5. The molecule has 1 aliphatic rings. The third-order valence-corrected chi connectivity index (χ3v) is 5.28. The van der Waals surface area contributed by atoms with E-state index in [0.29, 0.717) is 41.3 Å². The molecule has 2 aromatic heterocycles. The lowest BCUT2D eigenvalue weighted by Crippen LogP contribution is -2.45. The molecule has 1 aromatic carbocycles. The van der Waals surface area contributed by atoms with Crippen molar-refractivity contribution in [2.45, 2.75) is 13.3 Å². The molecular weight excluding hydrogens is 366 g/mol. The minimum Gasteiger partial charge on any atom is -0.496 e. The van der Waals surface area contributed by atoms with Crippen molar-refractivity contribution < 1.29 is 14.3 Å². The fourth-order valence-corrected chi connectivity index (χ4v) is 3.73. The molecule has 0 spiro atoms. The van der Waals surface area contributed by atoms with Crippen LogP contribution >= 0.6 is 11.5 Å². The number of methoxy groups -OCH3 is 1. The largest absolute Gasteiger partial charge is 0.496 e. The van der Waals surface area contributed by atoms with E-state index in [2.05, 4.69) is 14.6 Å². The molecule has 1 saturated heterocycles. The Labute approximate surface area is 159 Å². The molecule has 0 aliphatic carbocycles. The number of para-hydroxylation sites is 1. The van der Waals surface area contributed by atoms with Gasteiger partial charge in [-0.25, -0.2) is 15.0 Å². The van der Waals surface area contributed by atoms with Crippen LogP contribution < -0.4 is 4.74 Å². The molecule has 138 valence electrons. The summed E-state index contributed by atoms with van der Waals surface area (Å²) in [5.41, 5.74) is 1.47. The Morgan fingerprint density at radius 2 is 1.89 bits per heavy atom. The number of aryl methyl sites for hydroxylation is 1. The fourth-order valence-electron chi connectivity index (χ4n) is 3.13. The van der Waals surface area contributed by atoms with E-state index in [1.807, 2.05) is 24.3 Å². The van der Waals surface area contributed by atoms with Crippen molar-refractivity contribution in [2.24, 2.45) is 0 Å². The van der Waals surface area contributed by atoms with Gasteiger partial charge in [0.2, 0.25) is 0 Å². The van der Waals surface area contributed by atoms with Gasteiger partial charge in [-0.2, -0.15) is 0 Å². The van der Waals surface area contributed by atoms with Gasteiger partial charge >= 0.3 is 0 Å². The van der Waals surface area contributed by atoms with E-state index in [1.165, 1.54) is 10.0 Å². The highest BCUT2D eigenvalue weighted by Crippen LogP contribution is 2.27. The second kappa shape index (κ2) is 6.92. The summed E-state index contributed by atoms with van der Waals surface area (Å²) >= 11 is 1.04. The lowest BCUT2D eigenvalue weighted by atomic mass is 10.1.